The molecule has 0 spiro atoms. The fourth-order valence-corrected chi connectivity index (χ4v) is 2.60. The van der Waals surface area contributed by atoms with Gasteiger partial charge in [-0.1, -0.05) is 106 Å². The van der Waals surface area contributed by atoms with Crippen LogP contribution in [0.2, 0.25) is 0 Å². The summed E-state index contributed by atoms with van der Waals surface area (Å²) >= 11 is 0. The Bertz CT molecular complexity index is 159. The third-order valence-electron chi connectivity index (χ3n) is 4.35. The van der Waals surface area contributed by atoms with Crippen molar-refractivity contribution in [3.8, 4) is 0 Å². The zero-order valence-corrected chi connectivity index (χ0v) is 15.8. The molecule has 0 radical (unpaired) electrons. The van der Waals surface area contributed by atoms with Crippen molar-refractivity contribution >= 4 is 0 Å². The van der Waals surface area contributed by atoms with E-state index in [1.165, 1.54) is 64.2 Å². The molecular weight excluding hydrogens is 240 g/mol. The van der Waals surface area contributed by atoms with Crippen molar-refractivity contribution < 1.29 is 0 Å². The maximum atomic E-state index is 2.34. The maximum absolute atomic E-state index is 2.34. The Balaban J connectivity index is 0. The quantitative estimate of drug-likeness (QED) is 0.339. The first kappa shape index (κ1) is 22.3. The van der Waals surface area contributed by atoms with E-state index in [-0.39, 0.29) is 0 Å². The number of unbranched alkanes of at least 4 members (excludes halogenated alkanes) is 3. The molecular formula is C20H44. The lowest BCUT2D eigenvalue weighted by molar-refractivity contribution is 0.363. The van der Waals surface area contributed by atoms with Crippen LogP contribution < -0.4 is 0 Å². The van der Waals surface area contributed by atoms with Crippen LogP contribution in [-0.2, 0) is 0 Å². The monoisotopic (exact) mass is 284 g/mol. The van der Waals surface area contributed by atoms with Crippen LogP contribution in [0.25, 0.3) is 0 Å². The van der Waals surface area contributed by atoms with Crippen LogP contribution in [0, 0.1) is 17.8 Å². The second-order valence-electron chi connectivity index (χ2n) is 7.06. The van der Waals surface area contributed by atoms with Crippen LogP contribution in [0.15, 0.2) is 0 Å². The molecule has 0 bridgehead atoms. The fraction of sp³-hybridized carbons (Fsp3) is 1.00. The SMILES string of the molecule is CCCCC(C)CC.CCCCCC(CC)CC(C)C. The van der Waals surface area contributed by atoms with Crippen LogP contribution >= 0.6 is 0 Å². The van der Waals surface area contributed by atoms with E-state index < -0.39 is 0 Å². The summed E-state index contributed by atoms with van der Waals surface area (Å²) in [6.07, 6.45) is 14.0. The normalized spacial score (nSPS) is 13.8. The standard InChI is InChI=1S/C12H26.C8H18/c1-5-7-8-9-12(6-2)10-11(3)4;1-4-6-7-8(3)5-2/h11-12H,5-10H2,1-4H3;8H,4-7H2,1-3H3. The molecule has 0 amide bonds. The first-order chi connectivity index (χ1) is 9.51. The molecule has 0 saturated carbocycles. The third-order valence-corrected chi connectivity index (χ3v) is 4.35. The van der Waals surface area contributed by atoms with E-state index in [0.29, 0.717) is 0 Å². The summed E-state index contributed by atoms with van der Waals surface area (Å²) in [5.41, 5.74) is 0. The van der Waals surface area contributed by atoms with Gasteiger partial charge in [-0.15, -0.1) is 0 Å². The summed E-state index contributed by atoms with van der Waals surface area (Å²) in [6.45, 7) is 16.1. The summed E-state index contributed by atoms with van der Waals surface area (Å²) in [4.78, 5) is 0. The van der Waals surface area contributed by atoms with Crippen molar-refractivity contribution in [1.29, 1.82) is 0 Å². The second-order valence-corrected chi connectivity index (χ2v) is 7.06. The minimum absolute atomic E-state index is 0.886. The van der Waals surface area contributed by atoms with Crippen molar-refractivity contribution in [1.82, 2.24) is 0 Å². The minimum Gasteiger partial charge on any atom is -0.0654 e. The summed E-state index contributed by atoms with van der Waals surface area (Å²) in [5.74, 6) is 2.84. The van der Waals surface area contributed by atoms with Crippen LogP contribution in [-0.4, -0.2) is 0 Å². The van der Waals surface area contributed by atoms with Gasteiger partial charge in [0, 0.05) is 0 Å². The molecule has 124 valence electrons. The molecule has 0 aromatic heterocycles. The van der Waals surface area contributed by atoms with Gasteiger partial charge in [-0.05, 0) is 24.2 Å². The van der Waals surface area contributed by atoms with Crippen LogP contribution in [0.4, 0.5) is 0 Å². The van der Waals surface area contributed by atoms with Crippen molar-refractivity contribution in [2.75, 3.05) is 0 Å². The summed E-state index contributed by atoms with van der Waals surface area (Å²) < 4.78 is 0. The molecule has 0 saturated heterocycles. The van der Waals surface area contributed by atoms with E-state index in [0.717, 1.165) is 17.8 Å². The predicted octanol–water partition coefficient (Wildman–Crippen LogP) is 7.86. The largest absolute Gasteiger partial charge is 0.0654 e. The average Bonchev–Trinajstić information content (AvgIpc) is 2.44. The molecule has 0 heterocycles. The molecule has 2 unspecified atom stereocenters. The molecule has 0 rings (SSSR count). The van der Waals surface area contributed by atoms with E-state index >= 15 is 0 Å². The van der Waals surface area contributed by atoms with Gasteiger partial charge in [0.2, 0.25) is 0 Å². The average molecular weight is 285 g/mol. The first-order valence-electron chi connectivity index (χ1n) is 9.51. The molecule has 0 N–H and O–H groups in total. The van der Waals surface area contributed by atoms with Gasteiger partial charge < -0.3 is 0 Å². The molecule has 0 aromatic carbocycles. The highest BCUT2D eigenvalue weighted by molar-refractivity contribution is 4.59. The second kappa shape index (κ2) is 17.1. The first-order valence-corrected chi connectivity index (χ1v) is 9.51. The topological polar surface area (TPSA) is 0 Å². The smallest absolute Gasteiger partial charge is 0.0414 e. The zero-order valence-electron chi connectivity index (χ0n) is 15.8. The van der Waals surface area contributed by atoms with E-state index in [1.54, 1.807) is 0 Å². The Morgan fingerprint density at radius 3 is 1.65 bits per heavy atom. The summed E-state index contributed by atoms with van der Waals surface area (Å²) in [6, 6.07) is 0. The van der Waals surface area contributed by atoms with Gasteiger partial charge in [0.05, 0.1) is 0 Å². The van der Waals surface area contributed by atoms with Gasteiger partial charge in [0.25, 0.3) is 0 Å². The molecule has 20 heavy (non-hydrogen) atoms. The summed E-state index contributed by atoms with van der Waals surface area (Å²) in [5, 5.41) is 0. The maximum Gasteiger partial charge on any atom is -0.0414 e. The Kier molecular flexibility index (Phi) is 19.0. The number of hydrogen-bond acceptors (Lipinski definition) is 0. The fourth-order valence-electron chi connectivity index (χ4n) is 2.60. The molecule has 2 atom stereocenters. The van der Waals surface area contributed by atoms with Crippen LogP contribution in [0.3, 0.4) is 0 Å². The molecule has 0 aromatic rings. The predicted molar refractivity (Wildman–Crippen MR) is 96.4 cm³/mol. The molecule has 0 aliphatic heterocycles. The van der Waals surface area contributed by atoms with Crippen molar-refractivity contribution in [3.63, 3.8) is 0 Å². The van der Waals surface area contributed by atoms with Gasteiger partial charge in [-0.25, -0.2) is 0 Å². The lowest BCUT2D eigenvalue weighted by atomic mass is 9.90. The van der Waals surface area contributed by atoms with E-state index in [2.05, 4.69) is 48.5 Å². The Labute approximate surface area is 131 Å². The van der Waals surface area contributed by atoms with Gasteiger partial charge in [-0.2, -0.15) is 0 Å². The minimum atomic E-state index is 0.886. The highest BCUT2D eigenvalue weighted by atomic mass is 14.1. The van der Waals surface area contributed by atoms with E-state index in [4.69, 9.17) is 0 Å². The number of rotatable bonds is 11. The van der Waals surface area contributed by atoms with Crippen LogP contribution in [0.1, 0.15) is 113 Å². The summed E-state index contributed by atoms with van der Waals surface area (Å²) in [7, 11) is 0. The third kappa shape index (κ3) is 18.0. The van der Waals surface area contributed by atoms with Crippen molar-refractivity contribution in [2.24, 2.45) is 17.8 Å². The molecule has 0 aliphatic rings. The molecule has 0 aliphatic carbocycles. The van der Waals surface area contributed by atoms with Crippen molar-refractivity contribution in [3.05, 3.63) is 0 Å². The molecule has 0 fully saturated rings. The van der Waals surface area contributed by atoms with Gasteiger partial charge in [-0.3, -0.25) is 0 Å². The Hall–Kier alpha value is 0. The zero-order chi connectivity index (χ0) is 15.8. The van der Waals surface area contributed by atoms with Gasteiger partial charge in [0.1, 0.15) is 0 Å². The van der Waals surface area contributed by atoms with Gasteiger partial charge >= 0.3 is 0 Å². The van der Waals surface area contributed by atoms with E-state index in [9.17, 15) is 0 Å². The highest BCUT2D eigenvalue weighted by Gasteiger charge is 2.07. The molecule has 0 heteroatoms. The Morgan fingerprint density at radius 1 is 0.650 bits per heavy atom. The molecule has 0 nitrogen and oxygen atoms in total. The van der Waals surface area contributed by atoms with Gasteiger partial charge in [0.15, 0.2) is 0 Å². The lowest BCUT2D eigenvalue weighted by Gasteiger charge is -2.16. The van der Waals surface area contributed by atoms with Crippen molar-refractivity contribution in [2.45, 2.75) is 113 Å². The van der Waals surface area contributed by atoms with Crippen LogP contribution in [0.5, 0.6) is 0 Å². The number of hydrogen-bond donors (Lipinski definition) is 0. The highest BCUT2D eigenvalue weighted by Crippen LogP contribution is 2.21. The lowest BCUT2D eigenvalue weighted by Crippen LogP contribution is -2.03. The Morgan fingerprint density at radius 2 is 1.25 bits per heavy atom. The van der Waals surface area contributed by atoms with E-state index in [1.807, 2.05) is 0 Å².